The van der Waals surface area contributed by atoms with Crippen LogP contribution in [0, 0.1) is 0 Å². The summed E-state index contributed by atoms with van der Waals surface area (Å²) in [5.74, 6) is 0.129. The van der Waals surface area contributed by atoms with Crippen molar-refractivity contribution in [3.05, 3.63) is 29.8 Å². The molecule has 0 atom stereocenters. The lowest BCUT2D eigenvalue weighted by Crippen LogP contribution is -3.00. The Labute approximate surface area is 96.9 Å². The maximum Gasteiger partial charge on any atom is 0.216 e. The van der Waals surface area contributed by atoms with Crippen LogP contribution >= 0.6 is 0 Å². The van der Waals surface area contributed by atoms with E-state index in [1.54, 1.807) is 24.3 Å². The normalized spacial score (nSPS) is 10.6. The van der Waals surface area contributed by atoms with E-state index in [1.807, 2.05) is 21.1 Å². The first kappa shape index (κ1) is 13.9. The van der Waals surface area contributed by atoms with E-state index in [1.165, 1.54) is 0 Å². The zero-order valence-electron chi connectivity index (χ0n) is 9.33. The highest BCUT2D eigenvalue weighted by Gasteiger charge is 2.15. The summed E-state index contributed by atoms with van der Waals surface area (Å²) < 4.78 is 0.633. The molecule has 1 aromatic carbocycles. The van der Waals surface area contributed by atoms with Crippen LogP contribution in [0.5, 0.6) is 0 Å². The molecule has 0 aliphatic rings. The van der Waals surface area contributed by atoms with Gasteiger partial charge in [0, 0.05) is 11.3 Å². The summed E-state index contributed by atoms with van der Waals surface area (Å²) in [5.41, 5.74) is 6.93. The van der Waals surface area contributed by atoms with E-state index >= 15 is 0 Å². The molecule has 4 heteroatoms. The fraction of sp³-hybridized carbons (Fsp3) is 0.364. The largest absolute Gasteiger partial charge is 1.00 e. The molecule has 0 heterocycles. The first-order valence-corrected chi connectivity index (χ1v) is 4.58. The van der Waals surface area contributed by atoms with Gasteiger partial charge in [-0.2, -0.15) is 0 Å². The van der Waals surface area contributed by atoms with Crippen molar-refractivity contribution in [1.29, 1.82) is 0 Å². The van der Waals surface area contributed by atoms with Gasteiger partial charge >= 0.3 is 0 Å². The lowest BCUT2D eigenvalue weighted by Gasteiger charge is -2.22. The van der Waals surface area contributed by atoms with Crippen LogP contribution in [0.1, 0.15) is 10.4 Å². The summed E-state index contributed by atoms with van der Waals surface area (Å²) >= 11 is 0. The lowest BCUT2D eigenvalue weighted by atomic mass is 10.1. The van der Waals surface area contributed by atoms with Crippen LogP contribution in [0.4, 0.5) is 5.69 Å². The Morgan fingerprint density at radius 1 is 1.33 bits per heavy atom. The molecule has 2 N–H and O–H groups in total. The molecule has 0 aliphatic carbocycles. The zero-order valence-corrected chi connectivity index (χ0v) is 10.1. The molecule has 0 saturated carbocycles. The van der Waals surface area contributed by atoms with Gasteiger partial charge in [0.1, 0.15) is 6.54 Å². The van der Waals surface area contributed by atoms with Crippen molar-refractivity contribution in [2.75, 3.05) is 33.4 Å². The molecule has 0 spiro atoms. The fourth-order valence-electron chi connectivity index (χ4n) is 1.23. The van der Waals surface area contributed by atoms with Crippen LogP contribution < -0.4 is 18.1 Å². The predicted octanol–water partition coefficient (Wildman–Crippen LogP) is -1.84. The maximum absolute atomic E-state index is 11.7. The minimum absolute atomic E-state index is 0. The van der Waals surface area contributed by atoms with E-state index in [-0.39, 0.29) is 18.2 Å². The standard InChI is InChI=1S/C11H17N2O.ClH/c1-13(2,3)8-11(14)9-5-4-6-10(12)7-9;/h4-7H,8,12H2,1-3H3;1H/q+1;/p-1. The molecule has 84 valence electrons. The number of quaternary nitrogens is 1. The SMILES string of the molecule is C[N+](C)(C)CC(=O)c1cccc(N)c1.[Cl-]. The Morgan fingerprint density at radius 3 is 2.40 bits per heavy atom. The van der Waals surface area contributed by atoms with Crippen molar-refractivity contribution in [3.8, 4) is 0 Å². The second-order valence-electron chi connectivity index (χ2n) is 4.50. The van der Waals surface area contributed by atoms with Gasteiger partial charge in [-0.3, -0.25) is 4.79 Å². The van der Waals surface area contributed by atoms with Crippen molar-refractivity contribution in [2.24, 2.45) is 0 Å². The number of carbonyl (C=O) groups is 1. The molecule has 0 amide bonds. The Morgan fingerprint density at radius 2 is 1.93 bits per heavy atom. The van der Waals surface area contributed by atoms with E-state index in [0.29, 0.717) is 22.3 Å². The number of halogens is 1. The van der Waals surface area contributed by atoms with E-state index < -0.39 is 0 Å². The molecular weight excluding hydrogens is 212 g/mol. The molecular formula is C11H17ClN2O. The van der Waals surface area contributed by atoms with Crippen molar-refractivity contribution in [1.82, 2.24) is 0 Å². The summed E-state index contributed by atoms with van der Waals surface area (Å²) in [6.45, 7) is 0.490. The number of rotatable bonds is 3. The van der Waals surface area contributed by atoms with Gasteiger partial charge in [-0.05, 0) is 12.1 Å². The maximum atomic E-state index is 11.7. The molecule has 3 nitrogen and oxygen atoms in total. The summed E-state index contributed by atoms with van der Waals surface area (Å²) in [5, 5.41) is 0. The summed E-state index contributed by atoms with van der Waals surface area (Å²) in [6, 6.07) is 7.10. The number of Topliss-reactive ketones (excluding diaryl/α,β-unsaturated/α-hetero) is 1. The molecule has 0 aromatic heterocycles. The highest BCUT2D eigenvalue weighted by Crippen LogP contribution is 2.08. The number of anilines is 1. The highest BCUT2D eigenvalue weighted by atomic mass is 35.5. The number of hydrogen-bond acceptors (Lipinski definition) is 2. The van der Waals surface area contributed by atoms with Gasteiger partial charge < -0.3 is 22.6 Å². The van der Waals surface area contributed by atoms with E-state index in [9.17, 15) is 4.79 Å². The van der Waals surface area contributed by atoms with Crippen molar-refractivity contribution < 1.29 is 21.7 Å². The Bertz CT molecular complexity index is 345. The van der Waals surface area contributed by atoms with Crippen LogP contribution in [-0.4, -0.2) is 38.0 Å². The molecule has 15 heavy (non-hydrogen) atoms. The van der Waals surface area contributed by atoms with Crippen LogP contribution in [-0.2, 0) is 0 Å². The Balaban J connectivity index is 0.00000196. The van der Waals surface area contributed by atoms with Gasteiger partial charge in [-0.25, -0.2) is 0 Å². The number of carbonyl (C=O) groups excluding carboxylic acids is 1. The number of nitrogens with zero attached hydrogens (tertiary/aromatic N) is 1. The second kappa shape index (κ2) is 5.14. The summed E-state index contributed by atoms with van der Waals surface area (Å²) in [4.78, 5) is 11.7. The molecule has 0 aliphatic heterocycles. The first-order chi connectivity index (χ1) is 6.38. The molecule has 1 rings (SSSR count). The topological polar surface area (TPSA) is 43.1 Å². The van der Waals surface area contributed by atoms with Gasteiger partial charge in [-0.15, -0.1) is 0 Å². The van der Waals surface area contributed by atoms with Crippen molar-refractivity contribution >= 4 is 11.5 Å². The van der Waals surface area contributed by atoms with E-state index in [4.69, 9.17) is 5.73 Å². The number of nitrogen functional groups attached to an aromatic ring is 1. The summed E-state index contributed by atoms with van der Waals surface area (Å²) in [6.07, 6.45) is 0. The minimum Gasteiger partial charge on any atom is -1.00 e. The zero-order chi connectivity index (χ0) is 10.8. The third-order valence-corrected chi connectivity index (χ3v) is 1.83. The lowest BCUT2D eigenvalue weighted by molar-refractivity contribution is -0.861. The van der Waals surface area contributed by atoms with Crippen molar-refractivity contribution in [3.63, 3.8) is 0 Å². The number of hydrogen-bond donors (Lipinski definition) is 1. The third-order valence-electron chi connectivity index (χ3n) is 1.83. The molecule has 0 unspecified atom stereocenters. The fourth-order valence-corrected chi connectivity index (χ4v) is 1.23. The third kappa shape index (κ3) is 4.81. The Hall–Kier alpha value is -1.06. The highest BCUT2D eigenvalue weighted by molar-refractivity contribution is 5.97. The van der Waals surface area contributed by atoms with Crippen molar-refractivity contribution in [2.45, 2.75) is 0 Å². The minimum atomic E-state index is 0. The number of benzene rings is 1. The van der Waals surface area contributed by atoms with Gasteiger partial charge in [0.25, 0.3) is 0 Å². The Kier molecular flexibility index (Phi) is 4.78. The number of nitrogens with two attached hydrogens (primary N) is 1. The predicted molar refractivity (Wildman–Crippen MR) is 58.1 cm³/mol. The smallest absolute Gasteiger partial charge is 0.216 e. The second-order valence-corrected chi connectivity index (χ2v) is 4.50. The van der Waals surface area contributed by atoms with E-state index in [0.717, 1.165) is 0 Å². The van der Waals surface area contributed by atoms with Gasteiger partial charge in [0.15, 0.2) is 0 Å². The molecule has 0 radical (unpaired) electrons. The quantitative estimate of drug-likeness (QED) is 0.376. The van der Waals surface area contributed by atoms with Gasteiger partial charge in [0.05, 0.1) is 21.1 Å². The molecule has 1 aromatic rings. The monoisotopic (exact) mass is 228 g/mol. The molecule has 0 saturated heterocycles. The van der Waals surface area contributed by atoms with E-state index in [2.05, 4.69) is 0 Å². The average Bonchev–Trinajstić information content (AvgIpc) is 2.01. The molecule has 0 bridgehead atoms. The van der Waals surface area contributed by atoms with Gasteiger partial charge in [0.2, 0.25) is 5.78 Å². The first-order valence-electron chi connectivity index (χ1n) is 4.58. The number of likely N-dealkylation sites (N-methyl/N-ethyl adjacent to an activating group) is 1. The van der Waals surface area contributed by atoms with Crippen LogP contribution in [0.25, 0.3) is 0 Å². The van der Waals surface area contributed by atoms with Crippen LogP contribution in [0.15, 0.2) is 24.3 Å². The van der Waals surface area contributed by atoms with Crippen LogP contribution in [0.3, 0.4) is 0 Å². The summed E-state index contributed by atoms with van der Waals surface area (Å²) in [7, 11) is 5.97. The number of ketones is 1. The molecule has 0 fully saturated rings. The van der Waals surface area contributed by atoms with Crippen LogP contribution in [0.2, 0.25) is 0 Å². The average molecular weight is 229 g/mol. The van der Waals surface area contributed by atoms with Gasteiger partial charge in [-0.1, -0.05) is 12.1 Å².